The van der Waals surface area contributed by atoms with Crippen LogP contribution < -0.4 is 0 Å². The highest BCUT2D eigenvalue weighted by Crippen LogP contribution is 2.59. The molecule has 2 saturated heterocycles. The fourth-order valence-corrected chi connectivity index (χ4v) is 6.14. The highest BCUT2D eigenvalue weighted by molar-refractivity contribution is 5.91. The van der Waals surface area contributed by atoms with Crippen LogP contribution in [0.3, 0.4) is 0 Å². The molecule has 2 aromatic rings. The first-order valence-electron chi connectivity index (χ1n) is 10.3. The minimum atomic E-state index is -0.478. The minimum Gasteiger partial charge on any atom is -0.304 e. The lowest BCUT2D eigenvalue weighted by molar-refractivity contribution is -0.185. The van der Waals surface area contributed by atoms with Crippen molar-refractivity contribution in [3.63, 3.8) is 0 Å². The first kappa shape index (κ1) is 19.2. The fourth-order valence-electron chi connectivity index (χ4n) is 6.14. The van der Waals surface area contributed by atoms with Gasteiger partial charge < -0.3 is 4.90 Å². The van der Waals surface area contributed by atoms with Gasteiger partial charge in [0.05, 0.1) is 34.3 Å². The van der Waals surface area contributed by atoms with Gasteiger partial charge in [-0.05, 0) is 51.2 Å². The molecule has 4 unspecified atom stereocenters. The first-order valence-corrected chi connectivity index (χ1v) is 10.3. The van der Waals surface area contributed by atoms with Crippen molar-refractivity contribution >= 4 is 5.78 Å². The molecule has 2 aliphatic rings. The van der Waals surface area contributed by atoms with Crippen molar-refractivity contribution in [2.24, 2.45) is 11.3 Å². The predicted octanol–water partition coefficient (Wildman–Crippen LogP) is 3.30. The molecule has 0 aromatic carbocycles. The molecule has 2 fully saturated rings. The molecule has 4 heterocycles. The molecular weight excluding hydrogens is 348 g/mol. The number of aromatic nitrogens is 2. The molecule has 0 amide bonds. The zero-order valence-electron chi connectivity index (χ0n) is 17.3. The van der Waals surface area contributed by atoms with E-state index in [1.54, 1.807) is 0 Å². The molecule has 148 valence electrons. The van der Waals surface area contributed by atoms with Crippen LogP contribution in [0.2, 0.25) is 0 Å². The van der Waals surface area contributed by atoms with E-state index in [1.807, 2.05) is 36.7 Å². The van der Waals surface area contributed by atoms with Crippen molar-refractivity contribution in [3.05, 3.63) is 60.2 Å². The third-order valence-corrected chi connectivity index (χ3v) is 7.24. The van der Waals surface area contributed by atoms with Gasteiger partial charge in [0.15, 0.2) is 0 Å². The molecule has 0 saturated carbocycles. The summed E-state index contributed by atoms with van der Waals surface area (Å²) in [5.41, 5.74) is 1.02. The molecule has 2 bridgehead atoms. The second-order valence-corrected chi connectivity index (χ2v) is 8.34. The number of carbonyl (C=O) groups excluding carboxylic acids is 1. The van der Waals surface area contributed by atoms with Crippen LogP contribution in [0.4, 0.5) is 0 Å². The fraction of sp³-hybridized carbons (Fsp3) is 0.522. The summed E-state index contributed by atoms with van der Waals surface area (Å²) < 4.78 is 0. The topological polar surface area (TPSA) is 49.3 Å². The van der Waals surface area contributed by atoms with Crippen LogP contribution in [0.1, 0.15) is 44.1 Å². The molecule has 4 rings (SSSR count). The lowest BCUT2D eigenvalue weighted by Gasteiger charge is -2.64. The molecule has 28 heavy (non-hydrogen) atoms. The number of pyridine rings is 2. The van der Waals surface area contributed by atoms with E-state index in [4.69, 9.17) is 4.98 Å². The number of Topliss-reactive ketones (excluding diaryl/α,β-unsaturated/α-hetero) is 1. The van der Waals surface area contributed by atoms with Gasteiger partial charge in [0, 0.05) is 25.5 Å². The average Bonchev–Trinajstić information content (AvgIpc) is 2.72. The van der Waals surface area contributed by atoms with Crippen molar-refractivity contribution < 1.29 is 4.79 Å². The van der Waals surface area contributed by atoms with Crippen molar-refractivity contribution in [3.8, 4) is 0 Å². The van der Waals surface area contributed by atoms with Crippen LogP contribution in [-0.2, 0) is 10.3 Å². The second kappa shape index (κ2) is 7.05. The summed E-state index contributed by atoms with van der Waals surface area (Å²) in [5.74, 6) is 0.302. The SMILES string of the molecule is CCC12CN(C)CC(C1=O)C(c1ccccn1)N(C)C2(CC)c1ccccn1. The average molecular weight is 379 g/mol. The van der Waals surface area contributed by atoms with Crippen LogP contribution in [0.5, 0.6) is 0 Å². The van der Waals surface area contributed by atoms with E-state index < -0.39 is 11.0 Å². The zero-order valence-corrected chi connectivity index (χ0v) is 17.3. The van der Waals surface area contributed by atoms with Gasteiger partial charge >= 0.3 is 0 Å². The normalized spacial score (nSPS) is 33.8. The van der Waals surface area contributed by atoms with Gasteiger partial charge in [0.2, 0.25) is 0 Å². The number of hydrogen-bond donors (Lipinski definition) is 0. The predicted molar refractivity (Wildman–Crippen MR) is 110 cm³/mol. The molecule has 4 atom stereocenters. The van der Waals surface area contributed by atoms with Crippen LogP contribution in [0.15, 0.2) is 48.8 Å². The molecule has 0 aliphatic carbocycles. The largest absolute Gasteiger partial charge is 0.304 e. The van der Waals surface area contributed by atoms with Crippen LogP contribution in [-0.4, -0.2) is 52.7 Å². The Balaban J connectivity index is 2.00. The molecular formula is C23H30N4O. The lowest BCUT2D eigenvalue weighted by Crippen LogP contribution is -2.73. The standard InChI is InChI=1S/C23H30N4O/c1-5-22-16-26(3)15-17(21(22)28)20(18-11-7-9-13-24-18)27(4)23(22,6-2)19-12-8-10-14-25-19/h7-14,17,20H,5-6,15-16H2,1-4H3. The van der Waals surface area contributed by atoms with Gasteiger partial charge in [-0.2, -0.15) is 0 Å². The maximum Gasteiger partial charge on any atom is 0.148 e. The minimum absolute atomic E-state index is 0.0573. The Morgan fingerprint density at radius 2 is 1.75 bits per heavy atom. The van der Waals surface area contributed by atoms with Gasteiger partial charge in [-0.1, -0.05) is 26.0 Å². The van der Waals surface area contributed by atoms with Gasteiger partial charge in [-0.15, -0.1) is 0 Å². The Kier molecular flexibility index (Phi) is 4.84. The first-order chi connectivity index (χ1) is 13.5. The van der Waals surface area contributed by atoms with E-state index in [2.05, 4.69) is 54.9 Å². The van der Waals surface area contributed by atoms with E-state index in [0.717, 1.165) is 37.3 Å². The Hall–Kier alpha value is -2.11. The Labute approximate surface area is 167 Å². The van der Waals surface area contributed by atoms with Crippen LogP contribution in [0.25, 0.3) is 0 Å². The Bertz CT molecular complexity index is 842. The van der Waals surface area contributed by atoms with Crippen molar-refractivity contribution in [2.45, 2.75) is 38.3 Å². The maximum atomic E-state index is 14.1. The number of hydrogen-bond acceptors (Lipinski definition) is 5. The van der Waals surface area contributed by atoms with Gasteiger partial charge in [0.25, 0.3) is 0 Å². The van der Waals surface area contributed by atoms with Crippen molar-refractivity contribution in [2.75, 3.05) is 27.2 Å². The second-order valence-electron chi connectivity index (χ2n) is 8.34. The smallest absolute Gasteiger partial charge is 0.148 e. The van der Waals surface area contributed by atoms with Crippen molar-refractivity contribution in [1.82, 2.24) is 19.8 Å². The summed E-state index contributed by atoms with van der Waals surface area (Å²) in [7, 11) is 4.32. The Morgan fingerprint density at radius 1 is 1.04 bits per heavy atom. The van der Waals surface area contributed by atoms with Crippen molar-refractivity contribution in [1.29, 1.82) is 0 Å². The highest BCUT2D eigenvalue weighted by Gasteiger charge is 2.67. The number of ketones is 1. The zero-order chi connectivity index (χ0) is 19.9. The molecule has 5 nitrogen and oxygen atoms in total. The quantitative estimate of drug-likeness (QED) is 0.817. The molecule has 2 aromatic heterocycles. The lowest BCUT2D eigenvalue weighted by atomic mass is 9.53. The van der Waals surface area contributed by atoms with Gasteiger partial charge in [0.1, 0.15) is 5.78 Å². The third-order valence-electron chi connectivity index (χ3n) is 7.24. The number of nitrogens with zero attached hydrogens (tertiary/aromatic N) is 4. The molecule has 0 N–H and O–H groups in total. The monoisotopic (exact) mass is 378 g/mol. The van der Waals surface area contributed by atoms with Crippen LogP contribution >= 0.6 is 0 Å². The molecule has 0 spiro atoms. The van der Waals surface area contributed by atoms with Gasteiger partial charge in [-0.25, -0.2) is 0 Å². The molecule has 2 aliphatic heterocycles. The van der Waals surface area contributed by atoms with E-state index in [0.29, 0.717) is 5.78 Å². The van der Waals surface area contributed by atoms with E-state index in [-0.39, 0.29) is 12.0 Å². The summed E-state index contributed by atoms with van der Waals surface area (Å²) in [5, 5.41) is 0. The summed E-state index contributed by atoms with van der Waals surface area (Å²) in [6.45, 7) is 5.90. The third kappa shape index (κ3) is 2.42. The number of rotatable bonds is 4. The van der Waals surface area contributed by atoms with Crippen LogP contribution in [0, 0.1) is 11.3 Å². The number of piperidine rings is 2. The summed E-state index contributed by atoms with van der Waals surface area (Å²) in [6.07, 6.45) is 5.30. The number of likely N-dealkylation sites (tertiary alicyclic amines) is 2. The summed E-state index contributed by atoms with van der Waals surface area (Å²) in [4.78, 5) is 28.3. The van der Waals surface area contributed by atoms with E-state index in [1.165, 1.54) is 0 Å². The van der Waals surface area contributed by atoms with E-state index in [9.17, 15) is 4.79 Å². The van der Waals surface area contributed by atoms with E-state index >= 15 is 0 Å². The maximum absolute atomic E-state index is 14.1. The molecule has 0 radical (unpaired) electrons. The highest BCUT2D eigenvalue weighted by atomic mass is 16.1. The summed E-state index contributed by atoms with van der Waals surface area (Å²) in [6, 6.07) is 12.0. The van der Waals surface area contributed by atoms with Gasteiger partial charge in [-0.3, -0.25) is 19.7 Å². The number of fused-ring (bicyclic) bond motifs is 2. The molecule has 5 heteroatoms. The Morgan fingerprint density at radius 3 is 2.32 bits per heavy atom. The summed E-state index contributed by atoms with van der Waals surface area (Å²) >= 11 is 0. The number of carbonyl (C=O) groups is 1.